The maximum absolute atomic E-state index is 6.25. The van der Waals surface area contributed by atoms with Crippen LogP contribution >= 0.6 is 39.1 Å². The highest BCUT2D eigenvalue weighted by atomic mass is 79.9. The van der Waals surface area contributed by atoms with Crippen molar-refractivity contribution < 1.29 is 18.9 Å². The van der Waals surface area contributed by atoms with Crippen molar-refractivity contribution in [1.29, 1.82) is 0 Å². The van der Waals surface area contributed by atoms with Crippen LogP contribution in [0.5, 0.6) is 23.0 Å². The Balaban J connectivity index is 1.60. The van der Waals surface area contributed by atoms with Gasteiger partial charge < -0.3 is 24.3 Å². The van der Waals surface area contributed by atoms with Crippen LogP contribution in [0, 0.1) is 0 Å². The molecular formula is C25H26BrCl2NO4. The number of rotatable bonds is 11. The molecule has 3 aromatic rings. The molecule has 0 aliphatic rings. The number of ether oxygens (including phenoxy) is 4. The van der Waals surface area contributed by atoms with Crippen molar-refractivity contribution in [2.45, 2.75) is 19.6 Å². The first kappa shape index (κ1) is 25.5. The molecule has 0 saturated heterocycles. The van der Waals surface area contributed by atoms with E-state index < -0.39 is 0 Å². The molecular weight excluding hydrogens is 529 g/mol. The standard InChI is InChI=1S/C25H26BrCl2NO4/c1-30-22-8-7-16(11-23(22)31-2)9-10-29-14-17-12-24(32-3)25(13-19(17)26)33-15-18-20(27)5-4-6-21(18)28/h4-8,11-13,29H,9-10,14-15H2,1-3H3. The van der Waals surface area contributed by atoms with E-state index in [0.717, 1.165) is 40.1 Å². The Hall–Kier alpha value is -2.12. The molecule has 0 unspecified atom stereocenters. The number of hydrogen-bond acceptors (Lipinski definition) is 5. The third-order valence-electron chi connectivity index (χ3n) is 5.12. The largest absolute Gasteiger partial charge is 0.493 e. The van der Waals surface area contributed by atoms with E-state index in [9.17, 15) is 0 Å². The highest BCUT2D eigenvalue weighted by molar-refractivity contribution is 9.10. The summed E-state index contributed by atoms with van der Waals surface area (Å²) in [6.07, 6.45) is 0.856. The van der Waals surface area contributed by atoms with Gasteiger partial charge in [-0.3, -0.25) is 0 Å². The highest BCUT2D eigenvalue weighted by Crippen LogP contribution is 2.35. The zero-order valence-corrected chi connectivity index (χ0v) is 21.8. The number of hydrogen-bond donors (Lipinski definition) is 1. The fourth-order valence-electron chi connectivity index (χ4n) is 3.30. The number of methoxy groups -OCH3 is 3. The number of halogens is 3. The fraction of sp³-hybridized carbons (Fsp3) is 0.280. The second-order valence-electron chi connectivity index (χ2n) is 7.20. The Morgan fingerprint density at radius 3 is 2.15 bits per heavy atom. The third kappa shape index (κ3) is 6.70. The zero-order chi connectivity index (χ0) is 23.8. The molecule has 8 heteroatoms. The van der Waals surface area contributed by atoms with Crippen LogP contribution in [-0.4, -0.2) is 27.9 Å². The SMILES string of the molecule is COc1ccc(CCNCc2cc(OC)c(OCc3c(Cl)cccc3Cl)cc2Br)cc1OC. The summed E-state index contributed by atoms with van der Waals surface area (Å²) < 4.78 is 23.1. The van der Waals surface area contributed by atoms with Crippen LogP contribution in [-0.2, 0) is 19.6 Å². The van der Waals surface area contributed by atoms with Crippen molar-refractivity contribution in [3.8, 4) is 23.0 Å². The van der Waals surface area contributed by atoms with Gasteiger partial charge in [-0.1, -0.05) is 51.3 Å². The minimum Gasteiger partial charge on any atom is -0.493 e. The van der Waals surface area contributed by atoms with Gasteiger partial charge in [-0.15, -0.1) is 0 Å². The Morgan fingerprint density at radius 2 is 1.48 bits per heavy atom. The van der Waals surface area contributed by atoms with Crippen molar-refractivity contribution in [1.82, 2.24) is 5.32 Å². The summed E-state index contributed by atoms with van der Waals surface area (Å²) in [4.78, 5) is 0. The van der Waals surface area contributed by atoms with E-state index in [1.807, 2.05) is 30.3 Å². The van der Waals surface area contributed by atoms with E-state index in [1.165, 1.54) is 5.56 Å². The lowest BCUT2D eigenvalue weighted by Crippen LogP contribution is -2.17. The van der Waals surface area contributed by atoms with Gasteiger partial charge >= 0.3 is 0 Å². The monoisotopic (exact) mass is 553 g/mol. The lowest BCUT2D eigenvalue weighted by Gasteiger charge is -2.15. The maximum atomic E-state index is 6.25. The molecule has 0 heterocycles. The van der Waals surface area contributed by atoms with Crippen molar-refractivity contribution in [2.24, 2.45) is 0 Å². The van der Waals surface area contributed by atoms with Crippen LogP contribution in [0.15, 0.2) is 53.0 Å². The topological polar surface area (TPSA) is 49.0 Å². The van der Waals surface area contributed by atoms with Gasteiger partial charge in [0.05, 0.1) is 21.3 Å². The van der Waals surface area contributed by atoms with Gasteiger partial charge in [-0.25, -0.2) is 0 Å². The van der Waals surface area contributed by atoms with Gasteiger partial charge in [0.1, 0.15) is 6.61 Å². The van der Waals surface area contributed by atoms with Gasteiger partial charge in [0.25, 0.3) is 0 Å². The van der Waals surface area contributed by atoms with Gasteiger partial charge in [0.2, 0.25) is 0 Å². The molecule has 1 N–H and O–H groups in total. The van der Waals surface area contributed by atoms with Crippen LogP contribution in [0.3, 0.4) is 0 Å². The predicted molar refractivity (Wildman–Crippen MR) is 136 cm³/mol. The summed E-state index contributed by atoms with van der Waals surface area (Å²) in [7, 11) is 4.89. The summed E-state index contributed by atoms with van der Waals surface area (Å²) >= 11 is 16.1. The molecule has 0 fully saturated rings. The quantitative estimate of drug-likeness (QED) is 0.267. The van der Waals surface area contributed by atoms with Crippen LogP contribution in [0.25, 0.3) is 0 Å². The molecule has 0 atom stereocenters. The van der Waals surface area contributed by atoms with E-state index in [4.69, 9.17) is 42.1 Å². The van der Waals surface area contributed by atoms with Crippen LogP contribution < -0.4 is 24.3 Å². The molecule has 33 heavy (non-hydrogen) atoms. The fourth-order valence-corrected chi connectivity index (χ4v) is 4.27. The molecule has 0 saturated carbocycles. The van der Waals surface area contributed by atoms with Crippen LogP contribution in [0.2, 0.25) is 10.0 Å². The second-order valence-corrected chi connectivity index (χ2v) is 8.87. The first-order chi connectivity index (χ1) is 16.0. The Bertz CT molecular complexity index is 1070. The van der Waals surface area contributed by atoms with E-state index in [1.54, 1.807) is 39.5 Å². The molecule has 0 spiro atoms. The Kier molecular flexibility index (Phi) is 9.56. The van der Waals surface area contributed by atoms with Gasteiger partial charge in [-0.2, -0.15) is 0 Å². The lowest BCUT2D eigenvalue weighted by molar-refractivity contribution is 0.284. The van der Waals surface area contributed by atoms with E-state index in [2.05, 4.69) is 21.2 Å². The van der Waals surface area contributed by atoms with Crippen molar-refractivity contribution in [3.05, 3.63) is 79.7 Å². The second kappa shape index (κ2) is 12.4. The maximum Gasteiger partial charge on any atom is 0.162 e. The Morgan fingerprint density at radius 1 is 0.818 bits per heavy atom. The lowest BCUT2D eigenvalue weighted by atomic mass is 10.1. The minimum absolute atomic E-state index is 0.240. The van der Waals surface area contributed by atoms with Gasteiger partial charge in [-0.05, 0) is 60.5 Å². The summed E-state index contributed by atoms with van der Waals surface area (Å²) in [6, 6.07) is 15.2. The summed E-state index contributed by atoms with van der Waals surface area (Å²) in [5.41, 5.74) is 2.96. The normalized spacial score (nSPS) is 10.7. The molecule has 3 rings (SSSR count). The Labute approximate surface area is 213 Å². The number of benzene rings is 3. The van der Waals surface area contributed by atoms with Crippen LogP contribution in [0.1, 0.15) is 16.7 Å². The summed E-state index contributed by atoms with van der Waals surface area (Å²) in [5.74, 6) is 2.70. The average molecular weight is 555 g/mol. The predicted octanol–water partition coefficient (Wildman–Crippen LogP) is 6.69. The molecule has 0 radical (unpaired) electrons. The van der Waals surface area contributed by atoms with Crippen molar-refractivity contribution >= 4 is 39.1 Å². The van der Waals surface area contributed by atoms with E-state index >= 15 is 0 Å². The molecule has 0 amide bonds. The summed E-state index contributed by atoms with van der Waals surface area (Å²) in [5, 5.41) is 4.60. The molecule has 176 valence electrons. The van der Waals surface area contributed by atoms with Gasteiger partial charge in [0, 0.05) is 26.6 Å². The molecule has 0 aromatic heterocycles. The molecule has 0 aliphatic carbocycles. The average Bonchev–Trinajstić information content (AvgIpc) is 2.82. The van der Waals surface area contributed by atoms with Crippen molar-refractivity contribution in [2.75, 3.05) is 27.9 Å². The zero-order valence-electron chi connectivity index (χ0n) is 18.7. The molecule has 0 bridgehead atoms. The first-order valence-corrected chi connectivity index (χ1v) is 11.9. The minimum atomic E-state index is 0.240. The first-order valence-electron chi connectivity index (χ1n) is 10.3. The van der Waals surface area contributed by atoms with E-state index in [-0.39, 0.29) is 6.61 Å². The molecule has 5 nitrogen and oxygen atoms in total. The number of nitrogens with one attached hydrogen (secondary N) is 1. The highest BCUT2D eigenvalue weighted by Gasteiger charge is 2.13. The van der Waals surface area contributed by atoms with E-state index in [0.29, 0.717) is 28.1 Å². The molecule has 3 aromatic carbocycles. The molecule has 0 aliphatic heterocycles. The van der Waals surface area contributed by atoms with Crippen molar-refractivity contribution in [3.63, 3.8) is 0 Å². The van der Waals surface area contributed by atoms with Crippen LogP contribution in [0.4, 0.5) is 0 Å². The van der Waals surface area contributed by atoms with Gasteiger partial charge in [0.15, 0.2) is 23.0 Å². The summed E-state index contributed by atoms with van der Waals surface area (Å²) in [6.45, 7) is 1.71. The smallest absolute Gasteiger partial charge is 0.162 e. The third-order valence-corrected chi connectivity index (χ3v) is 6.57.